The van der Waals surface area contributed by atoms with E-state index in [1.54, 1.807) is 24.3 Å². The van der Waals surface area contributed by atoms with E-state index in [0.717, 1.165) is 31.4 Å². The van der Waals surface area contributed by atoms with Crippen LogP contribution in [0.2, 0.25) is 0 Å². The molecule has 1 aliphatic rings. The highest BCUT2D eigenvalue weighted by Crippen LogP contribution is 2.35. The van der Waals surface area contributed by atoms with E-state index < -0.39 is 5.97 Å². The first kappa shape index (κ1) is 19.8. The van der Waals surface area contributed by atoms with Crippen LogP contribution in [-0.4, -0.2) is 18.7 Å². The molecule has 0 spiro atoms. The van der Waals surface area contributed by atoms with E-state index in [1.165, 1.54) is 6.42 Å². The molecular weight excluding hydrogens is 316 g/mol. The van der Waals surface area contributed by atoms with Gasteiger partial charge in [0.25, 0.3) is 0 Å². The minimum Gasteiger partial charge on any atom is -0.494 e. The largest absolute Gasteiger partial charge is 0.494 e. The molecule has 1 saturated carbocycles. The Morgan fingerprint density at radius 3 is 2.56 bits per heavy atom. The van der Waals surface area contributed by atoms with Gasteiger partial charge >= 0.3 is 5.97 Å². The van der Waals surface area contributed by atoms with Crippen LogP contribution in [-0.2, 0) is 9.78 Å². The minimum absolute atomic E-state index is 0.00986. The molecule has 4 heteroatoms. The topological polar surface area (TPSA) is 44.8 Å². The van der Waals surface area contributed by atoms with Gasteiger partial charge in [-0.3, -0.25) is 4.89 Å². The van der Waals surface area contributed by atoms with Crippen LogP contribution < -0.4 is 4.74 Å². The average molecular weight is 348 g/mol. The minimum atomic E-state index is -0.444. The van der Waals surface area contributed by atoms with E-state index in [2.05, 4.69) is 27.7 Å². The predicted octanol–water partition coefficient (Wildman–Crippen LogP) is 5.41. The third kappa shape index (κ3) is 6.03. The Morgan fingerprint density at radius 1 is 1.20 bits per heavy atom. The van der Waals surface area contributed by atoms with Crippen molar-refractivity contribution in [2.75, 3.05) is 6.61 Å². The molecule has 0 amide bonds. The lowest BCUT2D eigenvalue weighted by molar-refractivity contribution is -0.296. The number of hydrogen-bond donors (Lipinski definition) is 0. The zero-order valence-corrected chi connectivity index (χ0v) is 16.0. The van der Waals surface area contributed by atoms with E-state index in [-0.39, 0.29) is 6.10 Å². The Hall–Kier alpha value is -1.55. The molecule has 0 N–H and O–H groups in total. The van der Waals surface area contributed by atoms with Gasteiger partial charge in [0.05, 0.1) is 12.2 Å². The van der Waals surface area contributed by atoms with Gasteiger partial charge in [-0.1, -0.05) is 40.5 Å². The molecule has 3 unspecified atom stereocenters. The Labute approximate surface area is 151 Å². The van der Waals surface area contributed by atoms with Gasteiger partial charge in [-0.05, 0) is 61.3 Å². The maximum atomic E-state index is 12.2. The van der Waals surface area contributed by atoms with Crippen molar-refractivity contribution in [1.82, 2.24) is 0 Å². The summed E-state index contributed by atoms with van der Waals surface area (Å²) in [6.45, 7) is 9.46. The summed E-state index contributed by atoms with van der Waals surface area (Å²) in [5.74, 6) is 1.90. The molecule has 0 saturated heterocycles. The second kappa shape index (κ2) is 9.81. The first-order valence-corrected chi connectivity index (χ1v) is 9.61. The van der Waals surface area contributed by atoms with Gasteiger partial charge in [0, 0.05) is 0 Å². The molecule has 140 valence electrons. The molecule has 1 aromatic rings. The third-order valence-electron chi connectivity index (χ3n) is 5.07. The fraction of sp³-hybridized carbons (Fsp3) is 0.667. The molecule has 0 aliphatic heterocycles. The van der Waals surface area contributed by atoms with E-state index in [9.17, 15) is 4.79 Å². The second-order valence-electron chi connectivity index (χ2n) is 7.56. The first-order valence-electron chi connectivity index (χ1n) is 9.61. The summed E-state index contributed by atoms with van der Waals surface area (Å²) in [5, 5.41) is 0. The molecule has 0 radical (unpaired) electrons. The molecule has 0 heterocycles. The monoisotopic (exact) mass is 348 g/mol. The zero-order valence-electron chi connectivity index (χ0n) is 16.0. The van der Waals surface area contributed by atoms with Gasteiger partial charge in [0.2, 0.25) is 0 Å². The number of rotatable bonds is 8. The molecule has 3 atom stereocenters. The molecule has 1 aliphatic carbocycles. The lowest BCUT2D eigenvalue weighted by Crippen LogP contribution is -2.34. The molecule has 0 bridgehead atoms. The standard InChI is InChI=1S/C21H32O4/c1-5-6-13-23-18-10-8-17(9-11-18)21(22)25-24-20-14-16(4)7-12-19(20)15(2)3/h8-11,15-16,19-20H,5-7,12-14H2,1-4H3. The summed E-state index contributed by atoms with van der Waals surface area (Å²) < 4.78 is 5.61. The molecule has 4 nitrogen and oxygen atoms in total. The molecule has 0 aromatic heterocycles. The van der Waals surface area contributed by atoms with E-state index >= 15 is 0 Å². The van der Waals surface area contributed by atoms with Crippen LogP contribution >= 0.6 is 0 Å². The van der Waals surface area contributed by atoms with Crippen LogP contribution in [0, 0.1) is 17.8 Å². The quantitative estimate of drug-likeness (QED) is 0.358. The summed E-state index contributed by atoms with van der Waals surface area (Å²) in [4.78, 5) is 23.0. The van der Waals surface area contributed by atoms with Crippen LogP contribution in [0.4, 0.5) is 0 Å². The average Bonchev–Trinajstić information content (AvgIpc) is 2.60. The second-order valence-corrected chi connectivity index (χ2v) is 7.56. The number of unbranched alkanes of at least 4 members (excludes halogenated alkanes) is 1. The normalized spacial score (nSPS) is 23.5. The Kier molecular flexibility index (Phi) is 7.76. The summed E-state index contributed by atoms with van der Waals surface area (Å²) in [5.41, 5.74) is 0.479. The Morgan fingerprint density at radius 2 is 1.92 bits per heavy atom. The fourth-order valence-corrected chi connectivity index (χ4v) is 3.40. The first-order chi connectivity index (χ1) is 12.0. The molecule has 1 fully saturated rings. The zero-order chi connectivity index (χ0) is 18.2. The van der Waals surface area contributed by atoms with Crippen LogP contribution in [0.1, 0.15) is 70.2 Å². The van der Waals surface area contributed by atoms with E-state index in [1.807, 2.05) is 0 Å². The number of hydrogen-bond acceptors (Lipinski definition) is 4. The van der Waals surface area contributed by atoms with Crippen molar-refractivity contribution in [3.63, 3.8) is 0 Å². The van der Waals surface area contributed by atoms with Crippen molar-refractivity contribution < 1.29 is 19.3 Å². The number of benzene rings is 1. The smallest absolute Gasteiger partial charge is 0.373 e. The summed E-state index contributed by atoms with van der Waals surface area (Å²) in [6, 6.07) is 7.03. The predicted molar refractivity (Wildman–Crippen MR) is 98.5 cm³/mol. The summed E-state index contributed by atoms with van der Waals surface area (Å²) in [6.07, 6.45) is 5.40. The molecule has 2 rings (SSSR count). The Bertz CT molecular complexity index is 523. The van der Waals surface area contributed by atoms with Gasteiger partial charge in [-0.15, -0.1) is 0 Å². The van der Waals surface area contributed by atoms with E-state index in [0.29, 0.717) is 29.9 Å². The highest BCUT2D eigenvalue weighted by molar-refractivity contribution is 5.89. The lowest BCUT2D eigenvalue weighted by atomic mass is 9.75. The molecule has 1 aromatic carbocycles. The van der Waals surface area contributed by atoms with Crippen molar-refractivity contribution in [2.24, 2.45) is 17.8 Å². The van der Waals surface area contributed by atoms with Crippen molar-refractivity contribution in [3.8, 4) is 5.75 Å². The van der Waals surface area contributed by atoms with Crippen LogP contribution in [0.25, 0.3) is 0 Å². The Balaban J connectivity index is 1.86. The number of carbonyl (C=O) groups is 1. The fourth-order valence-electron chi connectivity index (χ4n) is 3.40. The van der Waals surface area contributed by atoms with Crippen molar-refractivity contribution in [2.45, 2.75) is 65.9 Å². The van der Waals surface area contributed by atoms with Crippen LogP contribution in [0.5, 0.6) is 5.75 Å². The van der Waals surface area contributed by atoms with Crippen molar-refractivity contribution in [1.29, 1.82) is 0 Å². The third-order valence-corrected chi connectivity index (χ3v) is 5.07. The maximum absolute atomic E-state index is 12.2. The molecule has 25 heavy (non-hydrogen) atoms. The number of carbonyl (C=O) groups excluding carboxylic acids is 1. The van der Waals surface area contributed by atoms with E-state index in [4.69, 9.17) is 14.5 Å². The summed E-state index contributed by atoms with van der Waals surface area (Å²) in [7, 11) is 0. The maximum Gasteiger partial charge on any atom is 0.373 e. The van der Waals surface area contributed by atoms with Crippen molar-refractivity contribution in [3.05, 3.63) is 29.8 Å². The van der Waals surface area contributed by atoms with Crippen LogP contribution in [0.15, 0.2) is 24.3 Å². The highest BCUT2D eigenvalue weighted by Gasteiger charge is 2.33. The number of ether oxygens (including phenoxy) is 1. The SMILES string of the molecule is CCCCOc1ccc(C(=O)OOC2CC(C)CCC2C(C)C)cc1. The molecular formula is C21H32O4. The van der Waals surface area contributed by atoms with Gasteiger partial charge in [-0.2, -0.15) is 4.89 Å². The van der Waals surface area contributed by atoms with Crippen molar-refractivity contribution >= 4 is 5.97 Å². The summed E-state index contributed by atoms with van der Waals surface area (Å²) >= 11 is 0. The lowest BCUT2D eigenvalue weighted by Gasteiger charge is -2.35. The van der Waals surface area contributed by atoms with Gasteiger partial charge in [-0.25, -0.2) is 4.79 Å². The van der Waals surface area contributed by atoms with Crippen LogP contribution in [0.3, 0.4) is 0 Å². The highest BCUT2D eigenvalue weighted by atomic mass is 17.2. The van der Waals surface area contributed by atoms with Gasteiger partial charge in [0.15, 0.2) is 0 Å². The van der Waals surface area contributed by atoms with Gasteiger partial charge < -0.3 is 4.74 Å². The van der Waals surface area contributed by atoms with Gasteiger partial charge in [0.1, 0.15) is 11.9 Å².